The maximum atomic E-state index is 11.4. The van der Waals surface area contributed by atoms with Crippen LogP contribution in [0.1, 0.15) is 5.76 Å². The molecule has 1 N–H and O–H groups in total. The van der Waals surface area contributed by atoms with E-state index in [1.54, 1.807) is 13.3 Å². The molecule has 1 amide bonds. The Bertz CT molecular complexity index is 337. The quantitative estimate of drug-likeness (QED) is 0.798. The molecule has 0 aromatic carbocycles. The fourth-order valence-electron chi connectivity index (χ4n) is 1.79. The van der Waals surface area contributed by atoms with Crippen LogP contribution in [-0.4, -0.2) is 43.7 Å². The van der Waals surface area contributed by atoms with E-state index < -0.39 is 0 Å². The van der Waals surface area contributed by atoms with E-state index in [-0.39, 0.29) is 12.0 Å². The van der Waals surface area contributed by atoms with E-state index in [0.717, 1.165) is 18.8 Å². The molecule has 0 saturated carbocycles. The van der Waals surface area contributed by atoms with E-state index >= 15 is 0 Å². The molecule has 5 nitrogen and oxygen atoms in total. The molecule has 1 fully saturated rings. The molecule has 88 valence electrons. The maximum Gasteiger partial charge on any atom is 0.250 e. The van der Waals surface area contributed by atoms with Gasteiger partial charge in [0, 0.05) is 20.1 Å². The van der Waals surface area contributed by atoms with Gasteiger partial charge in [0.15, 0.2) is 0 Å². The van der Waals surface area contributed by atoms with Crippen LogP contribution in [0.2, 0.25) is 0 Å². The van der Waals surface area contributed by atoms with Crippen molar-refractivity contribution < 1.29 is 13.9 Å². The second-order valence-corrected chi connectivity index (χ2v) is 3.79. The van der Waals surface area contributed by atoms with Crippen LogP contribution in [-0.2, 0) is 16.1 Å². The summed E-state index contributed by atoms with van der Waals surface area (Å²) in [7, 11) is 1.62. The molecule has 1 aliphatic rings. The number of hydrogen-bond donors (Lipinski definition) is 1. The van der Waals surface area contributed by atoms with E-state index in [1.165, 1.54) is 0 Å². The number of amides is 1. The highest BCUT2D eigenvalue weighted by Gasteiger charge is 2.26. The van der Waals surface area contributed by atoms with Crippen molar-refractivity contribution in [3.05, 3.63) is 24.2 Å². The van der Waals surface area contributed by atoms with Crippen LogP contribution in [0.4, 0.5) is 0 Å². The molecule has 1 aromatic heterocycles. The summed E-state index contributed by atoms with van der Waals surface area (Å²) in [5.74, 6) is 0.849. The molecule has 0 spiro atoms. The minimum Gasteiger partial charge on any atom is -0.468 e. The summed E-state index contributed by atoms with van der Waals surface area (Å²) in [5, 5.41) is 2.60. The topological polar surface area (TPSA) is 54.7 Å². The monoisotopic (exact) mass is 224 g/mol. The molecule has 0 bridgehead atoms. The predicted molar refractivity (Wildman–Crippen MR) is 57.8 cm³/mol. The average molecular weight is 224 g/mol. The van der Waals surface area contributed by atoms with Crippen LogP contribution in [0.25, 0.3) is 0 Å². The largest absolute Gasteiger partial charge is 0.468 e. The van der Waals surface area contributed by atoms with Gasteiger partial charge in [0.05, 0.1) is 19.4 Å². The van der Waals surface area contributed by atoms with Gasteiger partial charge in [-0.25, -0.2) is 0 Å². The summed E-state index contributed by atoms with van der Waals surface area (Å²) in [4.78, 5) is 13.6. The standard InChI is InChI=1S/C11H16N2O3/c1-12-11(14)10-8-13(4-6-16-10)7-9-3-2-5-15-9/h2-3,5,10H,4,6-8H2,1H3,(H,12,14). The number of hydrogen-bond acceptors (Lipinski definition) is 4. The van der Waals surface area contributed by atoms with Gasteiger partial charge < -0.3 is 14.5 Å². The highest BCUT2D eigenvalue weighted by atomic mass is 16.5. The first-order valence-electron chi connectivity index (χ1n) is 5.37. The zero-order valence-corrected chi connectivity index (χ0v) is 9.31. The number of rotatable bonds is 3. The molecule has 2 heterocycles. The third-order valence-corrected chi connectivity index (χ3v) is 2.65. The smallest absolute Gasteiger partial charge is 0.250 e. The van der Waals surface area contributed by atoms with Crippen molar-refractivity contribution >= 4 is 5.91 Å². The number of nitrogens with one attached hydrogen (secondary N) is 1. The van der Waals surface area contributed by atoms with Gasteiger partial charge in [0.1, 0.15) is 11.9 Å². The lowest BCUT2D eigenvalue weighted by molar-refractivity contribution is -0.138. The molecule has 5 heteroatoms. The van der Waals surface area contributed by atoms with Crippen LogP contribution in [0, 0.1) is 0 Å². The molecule has 1 aliphatic heterocycles. The molecular formula is C11H16N2O3. The lowest BCUT2D eigenvalue weighted by atomic mass is 10.2. The summed E-state index contributed by atoms with van der Waals surface area (Å²) >= 11 is 0. The zero-order chi connectivity index (χ0) is 11.4. The Balaban J connectivity index is 1.89. The van der Waals surface area contributed by atoms with E-state index in [2.05, 4.69) is 10.2 Å². The zero-order valence-electron chi connectivity index (χ0n) is 9.31. The molecule has 0 aliphatic carbocycles. The lowest BCUT2D eigenvalue weighted by Crippen LogP contribution is -2.48. The van der Waals surface area contributed by atoms with Crippen molar-refractivity contribution in [1.82, 2.24) is 10.2 Å². The maximum absolute atomic E-state index is 11.4. The van der Waals surface area contributed by atoms with Crippen molar-refractivity contribution in [2.75, 3.05) is 26.7 Å². The SMILES string of the molecule is CNC(=O)C1CN(Cc2ccco2)CCO1. The third kappa shape index (κ3) is 2.62. The van der Waals surface area contributed by atoms with Gasteiger partial charge in [-0.15, -0.1) is 0 Å². The van der Waals surface area contributed by atoms with Gasteiger partial charge in [-0.3, -0.25) is 9.69 Å². The fraction of sp³-hybridized carbons (Fsp3) is 0.545. The van der Waals surface area contributed by atoms with Crippen LogP contribution in [0.15, 0.2) is 22.8 Å². The predicted octanol–water partition coefficient (Wildman–Crippen LogP) is 0.226. The molecule has 16 heavy (non-hydrogen) atoms. The van der Waals surface area contributed by atoms with E-state index in [4.69, 9.17) is 9.15 Å². The summed E-state index contributed by atoms with van der Waals surface area (Å²) in [5.41, 5.74) is 0. The summed E-state index contributed by atoms with van der Waals surface area (Å²) in [6.45, 7) is 2.75. The normalized spacial score (nSPS) is 21.9. The number of likely N-dealkylation sites (N-methyl/N-ethyl adjacent to an activating group) is 1. The summed E-state index contributed by atoms with van der Waals surface area (Å²) in [6, 6.07) is 3.80. The number of nitrogens with zero attached hydrogens (tertiary/aromatic N) is 1. The molecule has 1 aromatic rings. The van der Waals surface area contributed by atoms with Gasteiger partial charge >= 0.3 is 0 Å². The lowest BCUT2D eigenvalue weighted by Gasteiger charge is -2.31. The number of ether oxygens (including phenoxy) is 1. The first-order chi connectivity index (χ1) is 7.79. The molecular weight excluding hydrogens is 208 g/mol. The Morgan fingerprint density at radius 3 is 3.25 bits per heavy atom. The Hall–Kier alpha value is -1.33. The number of furan rings is 1. The second kappa shape index (κ2) is 5.14. The Morgan fingerprint density at radius 2 is 2.56 bits per heavy atom. The first-order valence-corrected chi connectivity index (χ1v) is 5.37. The van der Waals surface area contributed by atoms with E-state index in [9.17, 15) is 4.79 Å². The Morgan fingerprint density at radius 1 is 1.69 bits per heavy atom. The van der Waals surface area contributed by atoms with E-state index in [0.29, 0.717) is 13.2 Å². The van der Waals surface area contributed by atoms with Gasteiger partial charge in [-0.2, -0.15) is 0 Å². The molecule has 1 unspecified atom stereocenters. The minimum atomic E-state index is -0.367. The number of carbonyl (C=O) groups is 1. The molecule has 0 radical (unpaired) electrons. The van der Waals surface area contributed by atoms with E-state index in [1.807, 2.05) is 12.1 Å². The summed E-state index contributed by atoms with van der Waals surface area (Å²) < 4.78 is 10.7. The highest BCUT2D eigenvalue weighted by molar-refractivity contribution is 5.80. The fourth-order valence-corrected chi connectivity index (χ4v) is 1.79. The van der Waals surface area contributed by atoms with Gasteiger partial charge in [0.25, 0.3) is 0 Å². The van der Waals surface area contributed by atoms with Gasteiger partial charge in [-0.1, -0.05) is 0 Å². The Kier molecular flexibility index (Phi) is 3.58. The number of morpholine rings is 1. The molecule has 2 rings (SSSR count). The van der Waals surface area contributed by atoms with Gasteiger partial charge in [0.2, 0.25) is 5.91 Å². The first kappa shape index (κ1) is 11.2. The number of carbonyl (C=O) groups excluding carboxylic acids is 1. The van der Waals surface area contributed by atoms with Crippen LogP contribution in [0.3, 0.4) is 0 Å². The highest BCUT2D eigenvalue weighted by Crippen LogP contribution is 2.10. The average Bonchev–Trinajstić information content (AvgIpc) is 2.81. The van der Waals surface area contributed by atoms with Crippen molar-refractivity contribution in [3.63, 3.8) is 0 Å². The second-order valence-electron chi connectivity index (χ2n) is 3.79. The van der Waals surface area contributed by atoms with Crippen molar-refractivity contribution in [2.24, 2.45) is 0 Å². The Labute approximate surface area is 94.4 Å². The molecule has 1 saturated heterocycles. The van der Waals surface area contributed by atoms with Crippen molar-refractivity contribution in [3.8, 4) is 0 Å². The minimum absolute atomic E-state index is 0.0656. The van der Waals surface area contributed by atoms with Crippen molar-refractivity contribution in [2.45, 2.75) is 12.6 Å². The van der Waals surface area contributed by atoms with Crippen LogP contribution < -0.4 is 5.32 Å². The van der Waals surface area contributed by atoms with Crippen LogP contribution in [0.5, 0.6) is 0 Å². The van der Waals surface area contributed by atoms with Gasteiger partial charge in [-0.05, 0) is 12.1 Å². The van der Waals surface area contributed by atoms with Crippen molar-refractivity contribution in [1.29, 1.82) is 0 Å². The summed E-state index contributed by atoms with van der Waals surface area (Å²) in [6.07, 6.45) is 1.29. The third-order valence-electron chi connectivity index (χ3n) is 2.65. The van der Waals surface area contributed by atoms with Crippen LogP contribution >= 0.6 is 0 Å². The molecule has 1 atom stereocenters.